The van der Waals surface area contributed by atoms with E-state index in [1.807, 2.05) is 0 Å². The molecule has 0 heterocycles. The van der Waals surface area contributed by atoms with E-state index in [0.29, 0.717) is 6.42 Å². The first-order valence-corrected chi connectivity index (χ1v) is 3.28. The summed E-state index contributed by atoms with van der Waals surface area (Å²) in [5.41, 5.74) is 0. The molecular formula is C7H13NaO2. The fourth-order valence-electron chi connectivity index (χ4n) is 0.630. The molecule has 0 bridgehead atoms. The van der Waals surface area contributed by atoms with E-state index >= 15 is 0 Å². The predicted molar refractivity (Wildman–Crippen MR) is 36.1 cm³/mol. The Kier molecular flexibility index (Phi) is 12.4. The van der Waals surface area contributed by atoms with E-state index in [4.69, 9.17) is 5.11 Å². The molecule has 54 valence electrons. The molecule has 0 atom stereocenters. The van der Waals surface area contributed by atoms with Crippen LogP contribution in [0.15, 0.2) is 0 Å². The predicted octanol–water partition coefficient (Wildman–Crippen LogP) is -1.14. The van der Waals surface area contributed by atoms with Crippen molar-refractivity contribution in [2.75, 3.05) is 0 Å². The minimum Gasteiger partial charge on any atom is -0.481 e. The normalized spacial score (nSPS) is 8.50. The maximum atomic E-state index is 9.95. The zero-order valence-corrected chi connectivity index (χ0v) is 8.60. The van der Waals surface area contributed by atoms with Gasteiger partial charge in [0.05, 0.1) is 0 Å². The van der Waals surface area contributed by atoms with Gasteiger partial charge in [0.25, 0.3) is 0 Å². The summed E-state index contributed by atoms with van der Waals surface area (Å²) in [6.07, 6.45) is 4.06. The van der Waals surface area contributed by atoms with E-state index in [1.54, 1.807) is 0 Å². The molecule has 0 spiro atoms. The van der Waals surface area contributed by atoms with Gasteiger partial charge in [-0.1, -0.05) is 12.8 Å². The van der Waals surface area contributed by atoms with Gasteiger partial charge in [-0.3, -0.25) is 4.79 Å². The molecule has 0 aliphatic carbocycles. The third kappa shape index (κ3) is 11.3. The van der Waals surface area contributed by atoms with Crippen molar-refractivity contribution in [3.63, 3.8) is 0 Å². The molecule has 10 heavy (non-hydrogen) atoms. The van der Waals surface area contributed by atoms with Crippen molar-refractivity contribution in [2.45, 2.75) is 32.1 Å². The number of carboxylic acids is 1. The fourth-order valence-corrected chi connectivity index (χ4v) is 0.630. The van der Waals surface area contributed by atoms with Crippen molar-refractivity contribution in [2.24, 2.45) is 0 Å². The topological polar surface area (TPSA) is 37.3 Å². The second kappa shape index (κ2) is 9.47. The average Bonchev–Trinajstić information content (AvgIpc) is 1.80. The van der Waals surface area contributed by atoms with Crippen molar-refractivity contribution in [3.8, 4) is 0 Å². The summed E-state index contributed by atoms with van der Waals surface area (Å²) >= 11 is 0. The Labute approximate surface area is 84.3 Å². The minimum absolute atomic E-state index is 0. The molecule has 0 aromatic rings. The van der Waals surface area contributed by atoms with Gasteiger partial charge in [-0.05, 0) is 6.42 Å². The molecule has 0 fully saturated rings. The van der Waals surface area contributed by atoms with Crippen LogP contribution >= 0.6 is 0 Å². The van der Waals surface area contributed by atoms with Crippen LogP contribution in [0.25, 0.3) is 0 Å². The van der Waals surface area contributed by atoms with E-state index in [9.17, 15) is 4.79 Å². The molecule has 0 radical (unpaired) electrons. The number of aliphatic carboxylic acids is 1. The van der Waals surface area contributed by atoms with E-state index in [2.05, 4.69) is 6.92 Å². The maximum absolute atomic E-state index is 9.95. The summed E-state index contributed by atoms with van der Waals surface area (Å²) in [5.74, 6) is -0.695. The molecule has 3 heteroatoms. The smallest absolute Gasteiger partial charge is 0.481 e. The zero-order chi connectivity index (χ0) is 7.11. The number of hydrogen-bond donors (Lipinski definition) is 1. The molecule has 0 aromatic heterocycles. The van der Waals surface area contributed by atoms with Gasteiger partial charge in [-0.25, -0.2) is 0 Å². The molecular weight excluding hydrogens is 139 g/mol. The fraction of sp³-hybridized carbons (Fsp3) is 0.714. The summed E-state index contributed by atoms with van der Waals surface area (Å²) in [4.78, 5) is 9.95. The van der Waals surface area contributed by atoms with Crippen LogP contribution in [0.5, 0.6) is 0 Å². The largest absolute Gasteiger partial charge is 1.00 e. The standard InChI is InChI=1S/C7H13O2.Na/c1-2-3-4-5-6-7(8)9;/h1-6H2,(H,8,9);/q-1;+1. The first kappa shape index (κ1) is 13.1. The van der Waals surface area contributed by atoms with Crippen molar-refractivity contribution in [3.05, 3.63) is 6.92 Å². The Bertz CT molecular complexity index is 83.7. The second-order valence-corrected chi connectivity index (χ2v) is 2.06. The van der Waals surface area contributed by atoms with Crippen LogP contribution in [0.1, 0.15) is 32.1 Å². The Morgan fingerprint density at radius 1 is 1.30 bits per heavy atom. The number of carboxylic acid groups (broad SMARTS) is 1. The third-order valence-electron chi connectivity index (χ3n) is 1.14. The molecule has 0 saturated carbocycles. The molecule has 0 aliphatic rings. The summed E-state index contributed by atoms with van der Waals surface area (Å²) in [7, 11) is 0. The summed E-state index contributed by atoms with van der Waals surface area (Å²) in [6.45, 7) is 3.65. The van der Waals surface area contributed by atoms with Gasteiger partial charge < -0.3 is 12.0 Å². The second-order valence-electron chi connectivity index (χ2n) is 2.06. The quantitative estimate of drug-likeness (QED) is 0.307. The van der Waals surface area contributed by atoms with E-state index < -0.39 is 5.97 Å². The van der Waals surface area contributed by atoms with E-state index in [1.165, 1.54) is 0 Å². The first-order chi connectivity index (χ1) is 4.27. The number of unbranched alkanes of at least 4 members (excludes halogenated alkanes) is 3. The summed E-state index contributed by atoms with van der Waals surface area (Å²) in [6, 6.07) is 0. The van der Waals surface area contributed by atoms with Gasteiger partial charge in [0.2, 0.25) is 0 Å². The van der Waals surface area contributed by atoms with Crippen LogP contribution in [0.4, 0.5) is 0 Å². The van der Waals surface area contributed by atoms with Crippen molar-refractivity contribution < 1.29 is 39.5 Å². The van der Waals surface area contributed by atoms with Crippen LogP contribution in [-0.4, -0.2) is 11.1 Å². The van der Waals surface area contributed by atoms with Gasteiger partial charge in [0.15, 0.2) is 0 Å². The number of rotatable bonds is 5. The number of carbonyl (C=O) groups is 1. The third-order valence-corrected chi connectivity index (χ3v) is 1.14. The van der Waals surface area contributed by atoms with Crippen molar-refractivity contribution in [1.82, 2.24) is 0 Å². The van der Waals surface area contributed by atoms with Crippen LogP contribution in [-0.2, 0) is 4.79 Å². The Balaban J connectivity index is 0. The summed E-state index contributed by atoms with van der Waals surface area (Å²) < 4.78 is 0. The molecule has 0 amide bonds. The van der Waals surface area contributed by atoms with Gasteiger partial charge in [0, 0.05) is 6.42 Å². The van der Waals surface area contributed by atoms with Crippen LogP contribution < -0.4 is 29.6 Å². The Morgan fingerprint density at radius 3 is 2.30 bits per heavy atom. The molecule has 0 unspecified atom stereocenters. The molecule has 0 saturated heterocycles. The summed E-state index contributed by atoms with van der Waals surface area (Å²) in [5, 5.41) is 8.20. The van der Waals surface area contributed by atoms with Gasteiger partial charge in [-0.15, -0.1) is 0 Å². The minimum atomic E-state index is -0.695. The molecule has 2 nitrogen and oxygen atoms in total. The van der Waals surface area contributed by atoms with Crippen LogP contribution in [0.3, 0.4) is 0 Å². The molecule has 0 aromatic carbocycles. The molecule has 1 N–H and O–H groups in total. The van der Waals surface area contributed by atoms with Crippen LogP contribution in [0.2, 0.25) is 0 Å². The molecule has 0 rings (SSSR count). The Hall–Kier alpha value is 0.470. The molecule has 0 aliphatic heterocycles. The zero-order valence-electron chi connectivity index (χ0n) is 6.60. The number of hydrogen-bond acceptors (Lipinski definition) is 1. The SMILES string of the molecule is [CH2-]CCCCCC(=O)O.[Na+]. The van der Waals surface area contributed by atoms with E-state index in [-0.39, 0.29) is 29.6 Å². The maximum Gasteiger partial charge on any atom is 1.00 e. The van der Waals surface area contributed by atoms with Crippen molar-refractivity contribution in [1.29, 1.82) is 0 Å². The van der Waals surface area contributed by atoms with Gasteiger partial charge in [-0.2, -0.15) is 6.42 Å². The Morgan fingerprint density at radius 2 is 1.90 bits per heavy atom. The van der Waals surface area contributed by atoms with Gasteiger partial charge >= 0.3 is 35.5 Å². The van der Waals surface area contributed by atoms with Crippen LogP contribution in [0, 0.1) is 6.92 Å². The first-order valence-electron chi connectivity index (χ1n) is 3.28. The monoisotopic (exact) mass is 152 g/mol. The van der Waals surface area contributed by atoms with E-state index in [0.717, 1.165) is 25.7 Å². The van der Waals surface area contributed by atoms with Crippen molar-refractivity contribution >= 4 is 5.97 Å². The van der Waals surface area contributed by atoms with Gasteiger partial charge in [0.1, 0.15) is 0 Å². The average molecular weight is 152 g/mol.